The van der Waals surface area contributed by atoms with Gasteiger partial charge in [0.2, 0.25) is 5.91 Å². The Morgan fingerprint density at radius 3 is 2.59 bits per heavy atom. The van der Waals surface area contributed by atoms with E-state index in [1.807, 2.05) is 66.1 Å². The SMILES string of the molecule is CCCNC(=O)[C@H]1[C@H](CO)[C@H]2Cn3c(ccc(/C=C/c4ccccc4)c3=O)[C@@H]1N2CCC. The Labute approximate surface area is 189 Å². The molecule has 1 saturated heterocycles. The van der Waals surface area contributed by atoms with Crippen molar-refractivity contribution in [3.05, 3.63) is 69.6 Å². The quantitative estimate of drug-likeness (QED) is 0.669. The monoisotopic (exact) mass is 435 g/mol. The highest BCUT2D eigenvalue weighted by Gasteiger charge is 2.55. The fourth-order valence-corrected chi connectivity index (χ4v) is 5.35. The van der Waals surface area contributed by atoms with E-state index in [0.29, 0.717) is 18.7 Å². The lowest BCUT2D eigenvalue weighted by Crippen LogP contribution is -2.47. The minimum atomic E-state index is -0.359. The van der Waals surface area contributed by atoms with Crippen molar-refractivity contribution in [2.45, 2.75) is 45.3 Å². The second-order valence-electron chi connectivity index (χ2n) is 8.79. The van der Waals surface area contributed by atoms with E-state index in [1.54, 1.807) is 0 Å². The molecule has 4 atom stereocenters. The second kappa shape index (κ2) is 9.84. The average molecular weight is 436 g/mol. The molecule has 2 bridgehead atoms. The Balaban J connectivity index is 1.73. The molecule has 6 heteroatoms. The van der Waals surface area contributed by atoms with E-state index in [0.717, 1.165) is 30.6 Å². The molecule has 2 aliphatic rings. The number of aliphatic hydroxyl groups is 1. The molecule has 6 nitrogen and oxygen atoms in total. The number of hydrogen-bond acceptors (Lipinski definition) is 4. The zero-order valence-corrected chi connectivity index (χ0v) is 18.9. The Morgan fingerprint density at radius 2 is 1.91 bits per heavy atom. The first-order valence-corrected chi connectivity index (χ1v) is 11.7. The number of rotatable bonds is 8. The van der Waals surface area contributed by atoms with Crippen LogP contribution in [-0.4, -0.2) is 46.2 Å². The largest absolute Gasteiger partial charge is 0.396 e. The lowest BCUT2D eigenvalue weighted by Gasteiger charge is -2.38. The van der Waals surface area contributed by atoms with Crippen molar-refractivity contribution in [1.29, 1.82) is 0 Å². The molecule has 1 fully saturated rings. The van der Waals surface area contributed by atoms with Gasteiger partial charge >= 0.3 is 0 Å². The van der Waals surface area contributed by atoms with E-state index in [4.69, 9.17) is 0 Å². The van der Waals surface area contributed by atoms with Crippen LogP contribution in [0.1, 0.15) is 49.6 Å². The molecular formula is C26H33N3O3. The molecule has 2 aliphatic heterocycles. The molecule has 1 amide bonds. The lowest BCUT2D eigenvalue weighted by atomic mass is 9.86. The van der Waals surface area contributed by atoms with Gasteiger partial charge in [0.1, 0.15) is 0 Å². The summed E-state index contributed by atoms with van der Waals surface area (Å²) < 4.78 is 1.84. The van der Waals surface area contributed by atoms with Crippen LogP contribution in [0.5, 0.6) is 0 Å². The molecule has 0 aliphatic carbocycles. The smallest absolute Gasteiger partial charge is 0.258 e. The summed E-state index contributed by atoms with van der Waals surface area (Å²) in [4.78, 5) is 28.9. The number of aromatic nitrogens is 1. The Kier molecular flexibility index (Phi) is 6.92. The van der Waals surface area contributed by atoms with Crippen molar-refractivity contribution in [2.75, 3.05) is 19.7 Å². The van der Waals surface area contributed by atoms with Gasteiger partial charge in [0.15, 0.2) is 0 Å². The maximum atomic E-state index is 13.4. The number of aliphatic hydroxyl groups excluding tert-OH is 1. The molecule has 1 aromatic carbocycles. The number of carbonyl (C=O) groups is 1. The molecule has 2 aromatic rings. The van der Waals surface area contributed by atoms with Gasteiger partial charge in [-0.25, -0.2) is 0 Å². The third kappa shape index (κ3) is 4.05. The molecule has 170 valence electrons. The third-order valence-electron chi connectivity index (χ3n) is 6.79. The zero-order valence-electron chi connectivity index (χ0n) is 18.9. The summed E-state index contributed by atoms with van der Waals surface area (Å²) in [6, 6.07) is 13.6. The molecule has 0 radical (unpaired) electrons. The topological polar surface area (TPSA) is 74.6 Å². The minimum absolute atomic E-state index is 0.0200. The summed E-state index contributed by atoms with van der Waals surface area (Å²) >= 11 is 0. The third-order valence-corrected chi connectivity index (χ3v) is 6.79. The number of nitrogens with zero attached hydrogens (tertiary/aromatic N) is 2. The molecule has 2 N–H and O–H groups in total. The van der Waals surface area contributed by atoms with E-state index in [1.165, 1.54) is 0 Å². The fraction of sp³-hybridized carbons (Fsp3) is 0.462. The standard InChI is InChI=1S/C26H33N3O3/c1-3-14-27-25(31)23-20(17-30)22-16-29-21(24(23)28(22)15-4-2)13-12-19(26(29)32)11-10-18-8-6-5-7-9-18/h5-13,20,22-24,30H,3-4,14-17H2,1-2H3,(H,27,31)/b11-10+/t20-,22-,23+,24+/m1/s1. The van der Waals surface area contributed by atoms with Crippen molar-refractivity contribution in [2.24, 2.45) is 11.8 Å². The fourth-order valence-electron chi connectivity index (χ4n) is 5.35. The molecule has 4 rings (SSSR count). The van der Waals surface area contributed by atoms with E-state index in [-0.39, 0.29) is 42.0 Å². The van der Waals surface area contributed by atoms with E-state index in [2.05, 4.69) is 17.1 Å². The highest BCUT2D eigenvalue weighted by atomic mass is 16.3. The van der Waals surface area contributed by atoms with Crippen molar-refractivity contribution >= 4 is 18.1 Å². The molecule has 32 heavy (non-hydrogen) atoms. The van der Waals surface area contributed by atoms with Gasteiger partial charge in [-0.15, -0.1) is 0 Å². The Bertz CT molecular complexity index is 1030. The lowest BCUT2D eigenvalue weighted by molar-refractivity contribution is -0.127. The van der Waals surface area contributed by atoms with Crippen LogP contribution in [0, 0.1) is 11.8 Å². The Hall–Kier alpha value is -2.70. The molecule has 0 unspecified atom stereocenters. The highest BCUT2D eigenvalue weighted by Crippen LogP contribution is 2.48. The number of pyridine rings is 1. The van der Waals surface area contributed by atoms with Crippen LogP contribution in [0.15, 0.2) is 47.3 Å². The first kappa shape index (κ1) is 22.5. The highest BCUT2D eigenvalue weighted by molar-refractivity contribution is 5.80. The predicted octanol–water partition coefficient (Wildman–Crippen LogP) is 2.92. The summed E-state index contributed by atoms with van der Waals surface area (Å²) in [5.74, 6) is -0.568. The Morgan fingerprint density at radius 1 is 1.12 bits per heavy atom. The van der Waals surface area contributed by atoms with Crippen molar-refractivity contribution in [3.8, 4) is 0 Å². The van der Waals surface area contributed by atoms with Crippen LogP contribution >= 0.6 is 0 Å². The van der Waals surface area contributed by atoms with Crippen LogP contribution in [0.25, 0.3) is 12.2 Å². The summed E-state index contributed by atoms with van der Waals surface area (Å²) in [7, 11) is 0. The van der Waals surface area contributed by atoms with E-state index in [9.17, 15) is 14.7 Å². The van der Waals surface area contributed by atoms with Gasteiger partial charge in [-0.3, -0.25) is 14.5 Å². The summed E-state index contributed by atoms with van der Waals surface area (Å²) in [6.45, 7) is 6.05. The number of amides is 1. The van der Waals surface area contributed by atoms with Crippen LogP contribution < -0.4 is 10.9 Å². The first-order valence-electron chi connectivity index (χ1n) is 11.7. The van der Waals surface area contributed by atoms with Crippen molar-refractivity contribution in [3.63, 3.8) is 0 Å². The van der Waals surface area contributed by atoms with Crippen LogP contribution in [0.2, 0.25) is 0 Å². The summed E-state index contributed by atoms with van der Waals surface area (Å²) in [5.41, 5.74) is 2.52. The van der Waals surface area contributed by atoms with Crippen molar-refractivity contribution in [1.82, 2.24) is 14.8 Å². The molecule has 0 spiro atoms. The summed E-state index contributed by atoms with van der Waals surface area (Å²) in [6.07, 6.45) is 5.63. The van der Waals surface area contributed by atoms with Gasteiger partial charge in [0.05, 0.1) is 12.0 Å². The number of nitrogens with one attached hydrogen (secondary N) is 1. The van der Waals surface area contributed by atoms with Gasteiger partial charge in [0.25, 0.3) is 5.56 Å². The number of hydrogen-bond donors (Lipinski definition) is 2. The van der Waals surface area contributed by atoms with Crippen LogP contribution in [-0.2, 0) is 11.3 Å². The van der Waals surface area contributed by atoms with Gasteiger partial charge < -0.3 is 15.0 Å². The van der Waals surface area contributed by atoms with Gasteiger partial charge in [-0.05, 0) is 43.2 Å². The number of fused-ring (bicyclic) bond motifs is 4. The van der Waals surface area contributed by atoms with Crippen LogP contribution in [0.4, 0.5) is 0 Å². The molecule has 0 saturated carbocycles. The predicted molar refractivity (Wildman–Crippen MR) is 127 cm³/mol. The second-order valence-corrected chi connectivity index (χ2v) is 8.79. The van der Waals surface area contributed by atoms with E-state index < -0.39 is 0 Å². The zero-order chi connectivity index (χ0) is 22.7. The normalized spacial score (nSPS) is 24.6. The van der Waals surface area contributed by atoms with Crippen LogP contribution in [0.3, 0.4) is 0 Å². The summed E-state index contributed by atoms with van der Waals surface area (Å²) in [5, 5.41) is 13.3. The minimum Gasteiger partial charge on any atom is -0.396 e. The molecule has 1 aromatic heterocycles. The molecular weight excluding hydrogens is 402 g/mol. The van der Waals surface area contributed by atoms with Crippen molar-refractivity contribution < 1.29 is 9.90 Å². The first-order chi connectivity index (χ1) is 15.6. The van der Waals surface area contributed by atoms with Gasteiger partial charge in [-0.1, -0.05) is 50.3 Å². The van der Waals surface area contributed by atoms with Gasteiger partial charge in [0, 0.05) is 42.9 Å². The number of benzene rings is 1. The van der Waals surface area contributed by atoms with E-state index >= 15 is 0 Å². The average Bonchev–Trinajstić information content (AvgIpc) is 3.02. The number of carbonyl (C=O) groups excluding carboxylic acids is 1. The molecule has 3 heterocycles. The maximum absolute atomic E-state index is 13.4. The van der Waals surface area contributed by atoms with Gasteiger partial charge in [-0.2, -0.15) is 0 Å². The maximum Gasteiger partial charge on any atom is 0.258 e.